The number of aliphatic hydroxyl groups excluding tert-OH is 5. The standard InChI is InChI=1S/C30H50N3O12P3/c1-2-3-4-5-6-7-19-39-29-14-10-27(11-15-29)28-12-16-30(17-13-28)40-20-8-9-21-41-47(43-24-36)31-46(22-18-34,42-23-35)32-48(33-47,44-25-37)45-26-38/h10-17,34-38H,2-9,18-26H2,1H3. The first-order valence-corrected chi connectivity index (χ1v) is 20.9. The number of aliphatic hydroxyl groups is 5. The van der Waals surface area contributed by atoms with Gasteiger partial charge in [0.25, 0.3) is 0 Å². The quantitative estimate of drug-likeness (QED) is 0.0374. The summed E-state index contributed by atoms with van der Waals surface area (Å²) in [5, 5.41) is 47.8. The van der Waals surface area contributed by atoms with Crippen LogP contribution in [0.4, 0.5) is 0 Å². The third-order valence-electron chi connectivity index (χ3n) is 6.94. The minimum Gasteiger partial charge on any atom is -0.494 e. The van der Waals surface area contributed by atoms with Gasteiger partial charge in [-0.05, 0) is 54.7 Å². The van der Waals surface area contributed by atoms with E-state index in [4.69, 9.17) is 32.1 Å². The van der Waals surface area contributed by atoms with Crippen LogP contribution in [0.2, 0.25) is 0 Å². The number of hydrogen-bond acceptors (Lipinski definition) is 15. The smallest absolute Gasteiger partial charge is 0.351 e. The summed E-state index contributed by atoms with van der Waals surface area (Å²) in [6.07, 6.45) is 8.26. The van der Waals surface area contributed by atoms with Crippen molar-refractivity contribution in [1.82, 2.24) is 0 Å². The molecule has 0 aliphatic carbocycles. The van der Waals surface area contributed by atoms with Crippen LogP contribution in [-0.4, -0.2) is 85.3 Å². The highest BCUT2D eigenvalue weighted by Gasteiger charge is 2.41. The van der Waals surface area contributed by atoms with Gasteiger partial charge in [-0.3, -0.25) is 18.1 Å². The maximum absolute atomic E-state index is 9.66. The molecule has 1 heterocycles. The zero-order chi connectivity index (χ0) is 34.6. The van der Waals surface area contributed by atoms with E-state index in [-0.39, 0.29) is 12.8 Å². The van der Waals surface area contributed by atoms with Crippen LogP contribution < -0.4 is 9.47 Å². The molecule has 0 radical (unpaired) electrons. The fourth-order valence-electron chi connectivity index (χ4n) is 4.62. The minimum absolute atomic E-state index is 0.0538. The molecule has 0 amide bonds. The van der Waals surface area contributed by atoms with Gasteiger partial charge in [-0.25, -0.2) is 0 Å². The summed E-state index contributed by atoms with van der Waals surface area (Å²) in [4.78, 5) is 0. The lowest BCUT2D eigenvalue weighted by Crippen LogP contribution is -2.08. The molecule has 272 valence electrons. The second-order valence-electron chi connectivity index (χ2n) is 10.4. The van der Waals surface area contributed by atoms with Gasteiger partial charge >= 0.3 is 15.3 Å². The van der Waals surface area contributed by atoms with Crippen molar-refractivity contribution in [2.24, 2.45) is 13.5 Å². The van der Waals surface area contributed by atoms with Gasteiger partial charge in [-0.15, -0.1) is 4.52 Å². The maximum Gasteiger partial charge on any atom is 0.351 e. The zero-order valence-electron chi connectivity index (χ0n) is 27.4. The van der Waals surface area contributed by atoms with Crippen molar-refractivity contribution >= 4 is 22.8 Å². The zero-order valence-corrected chi connectivity index (χ0v) is 30.1. The summed E-state index contributed by atoms with van der Waals surface area (Å²) in [5.41, 5.74) is 2.14. The Kier molecular flexibility index (Phi) is 18.9. The van der Waals surface area contributed by atoms with E-state index >= 15 is 0 Å². The molecule has 3 rings (SSSR count). The number of benzene rings is 2. The van der Waals surface area contributed by atoms with Crippen LogP contribution >= 0.6 is 22.8 Å². The van der Waals surface area contributed by atoms with Gasteiger partial charge < -0.3 is 39.5 Å². The summed E-state index contributed by atoms with van der Waals surface area (Å²) < 4.78 is 52.1. The third-order valence-corrected chi connectivity index (χ3v) is 16.0. The molecule has 48 heavy (non-hydrogen) atoms. The molecule has 0 fully saturated rings. The summed E-state index contributed by atoms with van der Waals surface area (Å²) in [6.45, 7) is -0.512. The van der Waals surface area contributed by atoms with Crippen molar-refractivity contribution < 1.29 is 57.6 Å². The molecule has 0 spiro atoms. The van der Waals surface area contributed by atoms with Gasteiger partial charge in [0, 0.05) is 6.16 Å². The van der Waals surface area contributed by atoms with Gasteiger partial charge in [-0.2, -0.15) is 9.03 Å². The molecule has 0 bridgehead atoms. The van der Waals surface area contributed by atoms with Crippen molar-refractivity contribution in [1.29, 1.82) is 0 Å². The van der Waals surface area contributed by atoms with Crippen LogP contribution in [0.5, 0.6) is 11.5 Å². The molecule has 18 heteroatoms. The number of ether oxygens (including phenoxy) is 2. The average Bonchev–Trinajstić information content (AvgIpc) is 3.07. The number of nitrogens with zero attached hydrogens (tertiary/aromatic N) is 3. The van der Waals surface area contributed by atoms with Crippen molar-refractivity contribution in [3.63, 3.8) is 0 Å². The molecule has 0 saturated carbocycles. The van der Waals surface area contributed by atoms with E-state index in [0.29, 0.717) is 25.2 Å². The largest absolute Gasteiger partial charge is 0.494 e. The van der Waals surface area contributed by atoms with Crippen molar-refractivity contribution in [3.05, 3.63) is 48.5 Å². The monoisotopic (exact) mass is 737 g/mol. The van der Waals surface area contributed by atoms with Crippen LogP contribution in [0.15, 0.2) is 62.1 Å². The molecule has 1 aliphatic rings. The Bertz CT molecular complexity index is 1330. The molecule has 1 aliphatic heterocycles. The summed E-state index contributed by atoms with van der Waals surface area (Å²) >= 11 is 0. The normalized spacial score (nSPS) is 20.0. The summed E-state index contributed by atoms with van der Waals surface area (Å²) in [6, 6.07) is 15.9. The first kappa shape index (κ1) is 40.8. The van der Waals surface area contributed by atoms with E-state index in [1.165, 1.54) is 32.1 Å². The van der Waals surface area contributed by atoms with E-state index in [9.17, 15) is 25.5 Å². The molecule has 2 aromatic carbocycles. The fraction of sp³-hybridized carbons (Fsp3) is 0.600. The molecule has 0 saturated heterocycles. The van der Waals surface area contributed by atoms with Gasteiger partial charge in [0.1, 0.15) is 11.5 Å². The lowest BCUT2D eigenvalue weighted by atomic mass is 10.1. The van der Waals surface area contributed by atoms with E-state index in [2.05, 4.69) is 20.5 Å². The van der Waals surface area contributed by atoms with E-state index in [1.807, 2.05) is 48.5 Å². The Morgan fingerprint density at radius 3 is 1.46 bits per heavy atom. The topological polar surface area (TPSA) is 203 Å². The van der Waals surface area contributed by atoms with Gasteiger partial charge in [0.15, 0.2) is 27.2 Å². The number of hydrogen-bond donors (Lipinski definition) is 5. The lowest BCUT2D eigenvalue weighted by Gasteiger charge is -2.32. The molecular formula is C30H50N3O12P3. The maximum atomic E-state index is 9.66. The number of unbranched alkanes of at least 4 members (excludes halogenated alkanes) is 6. The Morgan fingerprint density at radius 1 is 0.500 bits per heavy atom. The van der Waals surface area contributed by atoms with Crippen molar-refractivity contribution in [3.8, 4) is 22.6 Å². The van der Waals surface area contributed by atoms with Gasteiger partial charge in [0.2, 0.25) is 7.43 Å². The average molecular weight is 738 g/mol. The Morgan fingerprint density at radius 2 is 0.958 bits per heavy atom. The first-order valence-electron chi connectivity index (χ1n) is 16.0. The molecule has 2 atom stereocenters. The van der Waals surface area contributed by atoms with Crippen LogP contribution in [0.25, 0.3) is 11.1 Å². The van der Waals surface area contributed by atoms with E-state index < -0.39 is 56.5 Å². The van der Waals surface area contributed by atoms with Crippen molar-refractivity contribution in [2.75, 3.05) is 59.8 Å². The first-order chi connectivity index (χ1) is 23.4. The Labute approximate surface area is 282 Å². The van der Waals surface area contributed by atoms with E-state index in [1.54, 1.807) is 0 Å². The third kappa shape index (κ3) is 13.2. The Balaban J connectivity index is 1.52. The predicted octanol–water partition coefficient (Wildman–Crippen LogP) is 7.06. The van der Waals surface area contributed by atoms with Crippen LogP contribution in [0.3, 0.4) is 0 Å². The minimum atomic E-state index is -3.85. The van der Waals surface area contributed by atoms with Crippen LogP contribution in [0, 0.1) is 0 Å². The Hall–Kier alpha value is -1.67. The molecule has 0 aromatic heterocycles. The molecule has 2 unspecified atom stereocenters. The molecule has 15 nitrogen and oxygen atoms in total. The molecule has 5 N–H and O–H groups in total. The van der Waals surface area contributed by atoms with Gasteiger partial charge in [0.05, 0.1) is 26.4 Å². The number of rotatable bonds is 26. The van der Waals surface area contributed by atoms with Crippen LogP contribution in [0.1, 0.15) is 58.3 Å². The van der Waals surface area contributed by atoms with Gasteiger partial charge in [-0.1, -0.05) is 63.3 Å². The van der Waals surface area contributed by atoms with E-state index in [0.717, 1.165) is 29.9 Å². The SMILES string of the molecule is CCCCCCCCOc1ccc(-c2ccc(OCCCCOP3(OCO)=NP(CCO)(OCO)=NP(OCO)(OCO)=N3)cc2)cc1. The second-order valence-corrected chi connectivity index (χ2v) is 17.6. The lowest BCUT2D eigenvalue weighted by molar-refractivity contribution is 0.0519. The van der Waals surface area contributed by atoms with Crippen molar-refractivity contribution in [2.45, 2.75) is 58.3 Å². The molecular weight excluding hydrogens is 687 g/mol. The second kappa shape index (κ2) is 22.2. The van der Waals surface area contributed by atoms with Crippen LogP contribution in [-0.2, 0) is 22.6 Å². The summed E-state index contributed by atoms with van der Waals surface area (Å²) in [7, 11) is -11.1. The highest BCUT2D eigenvalue weighted by atomic mass is 31.3. The summed E-state index contributed by atoms with van der Waals surface area (Å²) in [5.74, 6) is 1.58. The fourth-order valence-corrected chi connectivity index (χ4v) is 14.3. The highest BCUT2D eigenvalue weighted by Crippen LogP contribution is 2.79. The highest BCUT2D eigenvalue weighted by molar-refractivity contribution is 7.80. The predicted molar refractivity (Wildman–Crippen MR) is 184 cm³/mol. The molecule has 2 aromatic rings.